The SMILES string of the molecule is CCC(C)(NC(=O)c1oncc1C)C(=O)O. The Bertz CT molecular complexity index is 413. The van der Waals surface area contributed by atoms with Gasteiger partial charge in [-0.15, -0.1) is 0 Å². The van der Waals surface area contributed by atoms with Crippen molar-refractivity contribution in [3.05, 3.63) is 17.5 Å². The molecule has 0 spiro atoms. The fraction of sp³-hybridized carbons (Fsp3) is 0.500. The summed E-state index contributed by atoms with van der Waals surface area (Å²) in [5, 5.41) is 14.9. The molecular formula is C10H14N2O4. The van der Waals surface area contributed by atoms with E-state index >= 15 is 0 Å². The van der Waals surface area contributed by atoms with Crippen molar-refractivity contribution in [1.29, 1.82) is 0 Å². The Balaban J connectivity index is 2.86. The minimum atomic E-state index is -1.30. The first kappa shape index (κ1) is 12.2. The largest absolute Gasteiger partial charge is 0.480 e. The van der Waals surface area contributed by atoms with Crippen molar-refractivity contribution in [3.8, 4) is 0 Å². The van der Waals surface area contributed by atoms with Gasteiger partial charge in [-0.05, 0) is 20.3 Å². The Labute approximate surface area is 92.6 Å². The van der Waals surface area contributed by atoms with Gasteiger partial charge < -0.3 is 14.9 Å². The third kappa shape index (κ3) is 2.21. The molecule has 1 atom stereocenters. The topological polar surface area (TPSA) is 92.4 Å². The molecule has 0 fully saturated rings. The number of rotatable bonds is 4. The van der Waals surface area contributed by atoms with Gasteiger partial charge >= 0.3 is 5.97 Å². The van der Waals surface area contributed by atoms with Gasteiger partial charge in [-0.2, -0.15) is 0 Å². The third-order valence-electron chi connectivity index (χ3n) is 2.52. The predicted octanol–water partition coefficient (Wildman–Crippen LogP) is 0.966. The second-order valence-corrected chi connectivity index (χ2v) is 3.78. The van der Waals surface area contributed by atoms with Gasteiger partial charge in [-0.3, -0.25) is 4.79 Å². The lowest BCUT2D eigenvalue weighted by atomic mass is 9.99. The summed E-state index contributed by atoms with van der Waals surface area (Å²) in [7, 11) is 0. The van der Waals surface area contributed by atoms with Crippen molar-refractivity contribution in [1.82, 2.24) is 10.5 Å². The van der Waals surface area contributed by atoms with Crippen molar-refractivity contribution in [3.63, 3.8) is 0 Å². The van der Waals surface area contributed by atoms with Gasteiger partial charge in [0.05, 0.1) is 6.20 Å². The number of amides is 1. The molecule has 0 aliphatic rings. The van der Waals surface area contributed by atoms with E-state index in [1.54, 1.807) is 13.8 Å². The van der Waals surface area contributed by atoms with Gasteiger partial charge in [0.1, 0.15) is 5.54 Å². The lowest BCUT2D eigenvalue weighted by Gasteiger charge is -2.23. The van der Waals surface area contributed by atoms with E-state index in [-0.39, 0.29) is 12.2 Å². The number of nitrogens with one attached hydrogen (secondary N) is 1. The fourth-order valence-electron chi connectivity index (χ4n) is 1.11. The van der Waals surface area contributed by atoms with Crippen LogP contribution in [0.3, 0.4) is 0 Å². The van der Waals surface area contributed by atoms with Gasteiger partial charge in [0, 0.05) is 5.56 Å². The Kier molecular flexibility index (Phi) is 3.31. The highest BCUT2D eigenvalue weighted by Gasteiger charge is 2.34. The Morgan fingerprint density at radius 3 is 2.62 bits per heavy atom. The standard InChI is InChI=1S/C10H14N2O4/c1-4-10(3,9(14)15)12-8(13)7-6(2)5-11-16-7/h5H,4H2,1-3H3,(H,12,13)(H,14,15). The molecule has 1 heterocycles. The maximum absolute atomic E-state index is 11.7. The molecule has 1 unspecified atom stereocenters. The molecular weight excluding hydrogens is 212 g/mol. The first-order valence-electron chi connectivity index (χ1n) is 4.88. The number of nitrogens with zero attached hydrogens (tertiary/aromatic N) is 1. The molecule has 6 heteroatoms. The molecule has 1 aromatic heterocycles. The molecule has 1 amide bonds. The highest BCUT2D eigenvalue weighted by molar-refractivity contribution is 5.96. The van der Waals surface area contributed by atoms with Gasteiger partial charge in [0.2, 0.25) is 5.76 Å². The van der Waals surface area contributed by atoms with E-state index < -0.39 is 17.4 Å². The van der Waals surface area contributed by atoms with Crippen molar-refractivity contribution in [2.45, 2.75) is 32.7 Å². The van der Waals surface area contributed by atoms with E-state index in [9.17, 15) is 9.59 Å². The zero-order valence-corrected chi connectivity index (χ0v) is 9.40. The number of aryl methyl sites for hydroxylation is 1. The molecule has 0 aliphatic carbocycles. The highest BCUT2D eigenvalue weighted by atomic mass is 16.5. The number of carbonyl (C=O) groups excluding carboxylic acids is 1. The Morgan fingerprint density at radius 1 is 1.62 bits per heavy atom. The van der Waals surface area contributed by atoms with Gasteiger partial charge in [0.25, 0.3) is 5.91 Å². The van der Waals surface area contributed by atoms with E-state index in [0.29, 0.717) is 5.56 Å². The number of carboxylic acids is 1. The van der Waals surface area contributed by atoms with E-state index in [0.717, 1.165) is 0 Å². The van der Waals surface area contributed by atoms with E-state index in [2.05, 4.69) is 10.5 Å². The predicted molar refractivity (Wildman–Crippen MR) is 55.0 cm³/mol. The molecule has 6 nitrogen and oxygen atoms in total. The van der Waals surface area contributed by atoms with Gasteiger partial charge in [-0.1, -0.05) is 12.1 Å². The van der Waals surface area contributed by atoms with Crippen LogP contribution in [0.4, 0.5) is 0 Å². The number of aromatic nitrogens is 1. The van der Waals surface area contributed by atoms with Crippen LogP contribution in [0.15, 0.2) is 10.7 Å². The lowest BCUT2D eigenvalue weighted by molar-refractivity contribution is -0.143. The van der Waals surface area contributed by atoms with Crippen LogP contribution in [0.1, 0.15) is 36.4 Å². The van der Waals surface area contributed by atoms with Crippen molar-refractivity contribution < 1.29 is 19.2 Å². The summed E-state index contributed by atoms with van der Waals surface area (Å²) in [4.78, 5) is 22.7. The van der Waals surface area contributed by atoms with Crippen molar-refractivity contribution >= 4 is 11.9 Å². The number of carbonyl (C=O) groups is 2. The number of hydrogen-bond donors (Lipinski definition) is 2. The molecule has 0 saturated heterocycles. The molecule has 1 rings (SSSR count). The summed E-state index contributed by atoms with van der Waals surface area (Å²) in [6.07, 6.45) is 1.68. The van der Waals surface area contributed by atoms with Crippen LogP contribution in [-0.2, 0) is 4.79 Å². The van der Waals surface area contributed by atoms with E-state index in [1.807, 2.05) is 0 Å². The van der Waals surface area contributed by atoms with Crippen LogP contribution in [0, 0.1) is 6.92 Å². The second kappa shape index (κ2) is 4.34. The summed E-state index contributed by atoms with van der Waals surface area (Å²) < 4.78 is 4.74. The molecule has 0 aromatic carbocycles. The second-order valence-electron chi connectivity index (χ2n) is 3.78. The number of hydrogen-bond acceptors (Lipinski definition) is 4. The molecule has 0 radical (unpaired) electrons. The molecule has 0 saturated carbocycles. The van der Waals surface area contributed by atoms with Crippen LogP contribution in [0.2, 0.25) is 0 Å². The molecule has 16 heavy (non-hydrogen) atoms. The quantitative estimate of drug-likeness (QED) is 0.797. The molecule has 0 bridgehead atoms. The van der Waals surface area contributed by atoms with Crippen molar-refractivity contribution in [2.75, 3.05) is 0 Å². The monoisotopic (exact) mass is 226 g/mol. The maximum Gasteiger partial charge on any atom is 0.329 e. The summed E-state index contributed by atoms with van der Waals surface area (Å²) in [6.45, 7) is 4.79. The van der Waals surface area contributed by atoms with Crippen LogP contribution < -0.4 is 5.32 Å². The molecule has 88 valence electrons. The summed E-state index contributed by atoms with van der Waals surface area (Å²) >= 11 is 0. The number of carboxylic acid groups (broad SMARTS) is 1. The minimum absolute atomic E-state index is 0.0425. The minimum Gasteiger partial charge on any atom is -0.480 e. The smallest absolute Gasteiger partial charge is 0.329 e. The molecule has 1 aromatic rings. The first-order valence-corrected chi connectivity index (χ1v) is 4.88. The average molecular weight is 226 g/mol. The zero-order valence-electron chi connectivity index (χ0n) is 9.40. The number of aliphatic carboxylic acids is 1. The Morgan fingerprint density at radius 2 is 2.25 bits per heavy atom. The van der Waals surface area contributed by atoms with Crippen LogP contribution in [0.25, 0.3) is 0 Å². The average Bonchev–Trinajstić information content (AvgIpc) is 2.64. The van der Waals surface area contributed by atoms with E-state index in [1.165, 1.54) is 13.1 Å². The van der Waals surface area contributed by atoms with E-state index in [4.69, 9.17) is 9.63 Å². The van der Waals surface area contributed by atoms with Crippen LogP contribution in [0.5, 0.6) is 0 Å². The van der Waals surface area contributed by atoms with Crippen LogP contribution >= 0.6 is 0 Å². The zero-order chi connectivity index (χ0) is 12.3. The normalized spacial score (nSPS) is 14.2. The van der Waals surface area contributed by atoms with Crippen LogP contribution in [-0.4, -0.2) is 27.7 Å². The first-order chi connectivity index (χ1) is 7.40. The maximum atomic E-state index is 11.7. The Hall–Kier alpha value is -1.85. The summed E-state index contributed by atoms with van der Waals surface area (Å²) in [6, 6.07) is 0. The summed E-state index contributed by atoms with van der Waals surface area (Å²) in [5.41, 5.74) is -0.725. The van der Waals surface area contributed by atoms with Gasteiger partial charge in [-0.25, -0.2) is 4.79 Å². The third-order valence-corrected chi connectivity index (χ3v) is 2.52. The lowest BCUT2D eigenvalue weighted by Crippen LogP contribution is -2.51. The summed E-state index contributed by atoms with van der Waals surface area (Å²) in [5.74, 6) is -1.61. The molecule has 0 aliphatic heterocycles. The highest BCUT2D eigenvalue weighted by Crippen LogP contribution is 2.12. The molecule has 2 N–H and O–H groups in total. The van der Waals surface area contributed by atoms with Gasteiger partial charge in [0.15, 0.2) is 0 Å². The van der Waals surface area contributed by atoms with Crippen molar-refractivity contribution in [2.24, 2.45) is 0 Å². The fourth-order valence-corrected chi connectivity index (χ4v) is 1.11.